The number of allylic oxidation sites excluding steroid dienone is 5. The zero-order valence-electron chi connectivity index (χ0n) is 27.3. The molecule has 2 aromatic heterocycles. The predicted octanol–water partition coefficient (Wildman–Crippen LogP) is 12.1. The van der Waals surface area contributed by atoms with Gasteiger partial charge in [-0.05, 0) is 68.6 Å². The molecule has 7 aromatic carbocycles. The first-order valence-electron chi connectivity index (χ1n) is 16.8. The van der Waals surface area contributed by atoms with Gasteiger partial charge in [-0.3, -0.25) is 0 Å². The van der Waals surface area contributed by atoms with E-state index >= 15 is 0 Å². The molecule has 0 saturated heterocycles. The fourth-order valence-electron chi connectivity index (χ4n) is 6.92. The molecule has 0 amide bonds. The molecule has 9 aromatic rings. The van der Waals surface area contributed by atoms with Gasteiger partial charge < -0.3 is 4.42 Å². The van der Waals surface area contributed by atoms with Crippen LogP contribution in [-0.2, 0) is 6.42 Å². The van der Waals surface area contributed by atoms with Gasteiger partial charge in [0.1, 0.15) is 11.2 Å². The number of benzene rings is 7. The largest absolute Gasteiger partial charge is 0.456 e. The van der Waals surface area contributed by atoms with E-state index in [4.69, 9.17) is 19.4 Å². The van der Waals surface area contributed by atoms with E-state index in [2.05, 4.69) is 128 Å². The number of furan rings is 1. The Balaban J connectivity index is 1.32. The van der Waals surface area contributed by atoms with E-state index < -0.39 is 0 Å². The molecule has 2 heterocycles. The van der Waals surface area contributed by atoms with Crippen molar-refractivity contribution >= 4 is 54.3 Å². The van der Waals surface area contributed by atoms with Crippen LogP contribution in [0.4, 0.5) is 0 Å². The van der Waals surface area contributed by atoms with Crippen molar-refractivity contribution in [3.8, 4) is 34.2 Å². The van der Waals surface area contributed by atoms with Gasteiger partial charge in [-0.2, -0.15) is 0 Å². The Bertz CT molecular complexity index is 2820. The van der Waals surface area contributed by atoms with Crippen LogP contribution in [0, 0.1) is 0 Å². The number of aromatic nitrogens is 3. The van der Waals surface area contributed by atoms with Gasteiger partial charge in [0.15, 0.2) is 17.5 Å². The molecule has 0 saturated carbocycles. The summed E-state index contributed by atoms with van der Waals surface area (Å²) in [5, 5.41) is 9.06. The molecule has 9 rings (SSSR count). The maximum absolute atomic E-state index is 6.38. The number of hydrogen-bond donors (Lipinski definition) is 0. The lowest BCUT2D eigenvalue weighted by Gasteiger charge is -2.13. The van der Waals surface area contributed by atoms with Crippen LogP contribution in [0.2, 0.25) is 0 Å². The SMILES string of the molecule is C=C/C=C\C=C/Cc1ccc2oc3ccccc3c2c1-c1nc(-c2ccc3ccccc3c2)nc(-c2ccc3ccc4ccccc4c3c2)n1. The molecule has 0 unspecified atom stereocenters. The van der Waals surface area contributed by atoms with Crippen LogP contribution in [0.5, 0.6) is 0 Å². The summed E-state index contributed by atoms with van der Waals surface area (Å²) >= 11 is 0. The molecule has 0 radical (unpaired) electrons. The molecular weight excluding hydrogens is 611 g/mol. The summed E-state index contributed by atoms with van der Waals surface area (Å²) in [7, 11) is 0. The quantitative estimate of drug-likeness (QED) is 0.128. The minimum atomic E-state index is 0.610. The molecule has 0 atom stereocenters. The van der Waals surface area contributed by atoms with E-state index in [1.165, 1.54) is 21.5 Å². The van der Waals surface area contributed by atoms with Crippen molar-refractivity contribution in [2.75, 3.05) is 0 Å². The molecule has 0 fully saturated rings. The summed E-state index contributed by atoms with van der Waals surface area (Å²) in [6, 6.07) is 46.5. The smallest absolute Gasteiger partial charge is 0.165 e. The second kappa shape index (κ2) is 12.4. The third-order valence-corrected chi connectivity index (χ3v) is 9.33. The lowest BCUT2D eigenvalue weighted by Crippen LogP contribution is -2.02. The maximum atomic E-state index is 6.38. The van der Waals surface area contributed by atoms with Crippen LogP contribution in [0.3, 0.4) is 0 Å². The van der Waals surface area contributed by atoms with Crippen molar-refractivity contribution in [1.29, 1.82) is 0 Å². The topological polar surface area (TPSA) is 51.8 Å². The van der Waals surface area contributed by atoms with Crippen molar-refractivity contribution in [1.82, 2.24) is 15.0 Å². The number of fused-ring (bicyclic) bond motifs is 7. The zero-order chi connectivity index (χ0) is 33.4. The Morgan fingerprint density at radius 2 is 1.14 bits per heavy atom. The number of nitrogens with zero attached hydrogens (tertiary/aromatic N) is 3. The van der Waals surface area contributed by atoms with Gasteiger partial charge in [0.05, 0.1) is 0 Å². The predicted molar refractivity (Wildman–Crippen MR) is 208 cm³/mol. The van der Waals surface area contributed by atoms with Gasteiger partial charge in [-0.25, -0.2) is 15.0 Å². The normalized spacial score (nSPS) is 12.0. The Morgan fingerprint density at radius 1 is 0.500 bits per heavy atom. The lowest BCUT2D eigenvalue weighted by molar-refractivity contribution is 0.669. The van der Waals surface area contributed by atoms with Crippen molar-refractivity contribution in [2.24, 2.45) is 0 Å². The summed E-state index contributed by atoms with van der Waals surface area (Å²) < 4.78 is 6.38. The first-order valence-corrected chi connectivity index (χ1v) is 16.8. The molecular formula is C46H31N3O. The Hall–Kier alpha value is -6.65. The standard InChI is InChI=1S/C46H31N3O/c1-2-3-4-5-6-15-33-26-27-41-43(38-18-11-12-19-40(38)50-41)42(33)46-48-44(35-24-20-30-13-7-8-16-34(30)28-35)47-45(49-46)36-25-23-32-22-21-31-14-9-10-17-37(31)39(32)29-36/h2-14,16-29H,1,15H2/b4-3-,6-5-. The van der Waals surface area contributed by atoms with Crippen LogP contribution in [0.1, 0.15) is 5.56 Å². The highest BCUT2D eigenvalue weighted by Crippen LogP contribution is 2.39. The first kappa shape index (κ1) is 29.5. The Labute approximate surface area is 289 Å². The molecule has 0 aliphatic carbocycles. The second-order valence-corrected chi connectivity index (χ2v) is 12.4. The Morgan fingerprint density at radius 3 is 1.96 bits per heavy atom. The summed E-state index contributed by atoms with van der Waals surface area (Å²) in [5.41, 5.74) is 5.53. The third kappa shape index (κ3) is 5.24. The Kier molecular flexibility index (Phi) is 7.33. The highest BCUT2D eigenvalue weighted by Gasteiger charge is 2.21. The van der Waals surface area contributed by atoms with E-state index in [9.17, 15) is 0 Å². The van der Waals surface area contributed by atoms with Gasteiger partial charge in [0.2, 0.25) is 0 Å². The van der Waals surface area contributed by atoms with Crippen molar-refractivity contribution in [3.63, 3.8) is 0 Å². The maximum Gasteiger partial charge on any atom is 0.165 e. The lowest BCUT2D eigenvalue weighted by atomic mass is 9.97. The van der Waals surface area contributed by atoms with E-state index in [1.807, 2.05) is 36.4 Å². The molecule has 236 valence electrons. The van der Waals surface area contributed by atoms with Gasteiger partial charge in [0, 0.05) is 27.5 Å². The molecule has 0 bridgehead atoms. The monoisotopic (exact) mass is 641 g/mol. The van der Waals surface area contributed by atoms with Gasteiger partial charge in [0.25, 0.3) is 0 Å². The van der Waals surface area contributed by atoms with Crippen molar-refractivity contribution in [2.45, 2.75) is 6.42 Å². The second-order valence-electron chi connectivity index (χ2n) is 12.4. The molecule has 0 spiro atoms. The molecule has 4 heteroatoms. The molecule has 0 aliphatic heterocycles. The van der Waals surface area contributed by atoms with E-state index in [1.54, 1.807) is 6.08 Å². The number of para-hydroxylation sites is 1. The summed E-state index contributed by atoms with van der Waals surface area (Å²) in [6.45, 7) is 3.79. The number of hydrogen-bond acceptors (Lipinski definition) is 4. The molecule has 50 heavy (non-hydrogen) atoms. The summed E-state index contributed by atoms with van der Waals surface area (Å²) in [4.78, 5) is 15.7. The molecule has 0 N–H and O–H groups in total. The third-order valence-electron chi connectivity index (χ3n) is 9.33. The fraction of sp³-hybridized carbons (Fsp3) is 0.0217. The van der Waals surface area contributed by atoms with Gasteiger partial charge in [-0.15, -0.1) is 0 Å². The minimum absolute atomic E-state index is 0.610. The summed E-state index contributed by atoms with van der Waals surface area (Å²) in [6.07, 6.45) is 10.6. The zero-order valence-corrected chi connectivity index (χ0v) is 27.3. The van der Waals surface area contributed by atoms with Crippen LogP contribution in [0.15, 0.2) is 175 Å². The van der Waals surface area contributed by atoms with Crippen molar-refractivity contribution < 1.29 is 4.42 Å². The molecule has 0 aliphatic rings. The number of rotatable bonds is 7. The highest BCUT2D eigenvalue weighted by atomic mass is 16.3. The highest BCUT2D eigenvalue weighted by molar-refractivity contribution is 6.13. The van der Waals surface area contributed by atoms with Crippen LogP contribution in [-0.4, -0.2) is 15.0 Å². The van der Waals surface area contributed by atoms with E-state index in [0.29, 0.717) is 23.9 Å². The van der Waals surface area contributed by atoms with Gasteiger partial charge >= 0.3 is 0 Å². The van der Waals surface area contributed by atoms with E-state index in [0.717, 1.165) is 55.0 Å². The van der Waals surface area contributed by atoms with Crippen LogP contribution in [0.25, 0.3) is 88.4 Å². The average molecular weight is 642 g/mol. The van der Waals surface area contributed by atoms with Gasteiger partial charge in [-0.1, -0.05) is 146 Å². The average Bonchev–Trinajstić information content (AvgIpc) is 3.56. The van der Waals surface area contributed by atoms with Crippen LogP contribution < -0.4 is 0 Å². The molecule has 4 nitrogen and oxygen atoms in total. The van der Waals surface area contributed by atoms with Crippen LogP contribution >= 0.6 is 0 Å². The summed E-state index contributed by atoms with van der Waals surface area (Å²) in [5.74, 6) is 1.85. The minimum Gasteiger partial charge on any atom is -0.456 e. The fourth-order valence-corrected chi connectivity index (χ4v) is 6.92. The van der Waals surface area contributed by atoms with Crippen molar-refractivity contribution in [3.05, 3.63) is 176 Å². The first-order chi connectivity index (χ1) is 24.7. The van der Waals surface area contributed by atoms with E-state index in [-0.39, 0.29) is 0 Å².